The Kier molecular flexibility index (Phi) is 6.44. The number of rotatable bonds is 6. The second kappa shape index (κ2) is 9.25. The van der Waals surface area contributed by atoms with Crippen LogP contribution in [0.4, 0.5) is 5.69 Å². The molecule has 6 heteroatoms. The van der Waals surface area contributed by atoms with E-state index < -0.39 is 0 Å². The van der Waals surface area contributed by atoms with Crippen molar-refractivity contribution in [2.45, 2.75) is 32.6 Å². The molecule has 2 aromatic carbocycles. The van der Waals surface area contributed by atoms with E-state index in [9.17, 15) is 9.59 Å². The fourth-order valence-corrected chi connectivity index (χ4v) is 5.27. The highest BCUT2D eigenvalue weighted by Crippen LogP contribution is 2.42. The number of hydrogen-bond acceptors (Lipinski definition) is 4. The van der Waals surface area contributed by atoms with Crippen LogP contribution >= 0.6 is 22.9 Å². The first-order valence-corrected chi connectivity index (χ1v) is 11.6. The average Bonchev–Trinajstić information content (AvgIpc) is 3.10. The van der Waals surface area contributed by atoms with Crippen molar-refractivity contribution < 1.29 is 14.3 Å². The Morgan fingerprint density at radius 1 is 1.16 bits per heavy atom. The number of carbonyl (C=O) groups excluding carboxylic acids is 2. The minimum Gasteiger partial charge on any atom is -0.493 e. The molecular weight excluding hydrogens is 430 g/mol. The van der Waals surface area contributed by atoms with E-state index in [4.69, 9.17) is 16.3 Å². The summed E-state index contributed by atoms with van der Waals surface area (Å²) < 4.78 is 5.99. The molecule has 0 aliphatic carbocycles. The van der Waals surface area contributed by atoms with Gasteiger partial charge in [-0.1, -0.05) is 36.7 Å². The number of ketones is 1. The van der Waals surface area contributed by atoms with Crippen LogP contribution in [-0.4, -0.2) is 25.3 Å². The highest BCUT2D eigenvalue weighted by Gasteiger charge is 2.24. The van der Waals surface area contributed by atoms with E-state index in [-0.39, 0.29) is 11.7 Å². The zero-order valence-corrected chi connectivity index (χ0v) is 19.2. The number of nitrogens with zero attached hydrogens (tertiary/aromatic N) is 1. The molecule has 1 aromatic heterocycles. The van der Waals surface area contributed by atoms with Crippen molar-refractivity contribution in [3.63, 3.8) is 0 Å². The van der Waals surface area contributed by atoms with Gasteiger partial charge in [0.2, 0.25) is 0 Å². The van der Waals surface area contributed by atoms with Crippen molar-refractivity contribution in [1.82, 2.24) is 0 Å². The van der Waals surface area contributed by atoms with Gasteiger partial charge in [0.25, 0.3) is 5.91 Å². The number of Topliss-reactive ketones (excluding diaryl/α,β-unsaturated/α-hetero) is 1. The molecule has 0 atom stereocenters. The van der Waals surface area contributed by atoms with E-state index in [0.29, 0.717) is 35.0 Å². The number of anilines is 1. The van der Waals surface area contributed by atoms with Gasteiger partial charge >= 0.3 is 0 Å². The van der Waals surface area contributed by atoms with Gasteiger partial charge in [0, 0.05) is 36.8 Å². The van der Waals surface area contributed by atoms with Crippen LogP contribution in [0, 0.1) is 0 Å². The molecule has 1 aliphatic rings. The summed E-state index contributed by atoms with van der Waals surface area (Å²) in [6, 6.07) is 15.3. The number of hydrogen-bond donors (Lipinski definition) is 0. The highest BCUT2D eigenvalue weighted by molar-refractivity contribution is 7.17. The molecule has 4 rings (SSSR count). The standard InChI is InChI=1S/C25H24ClNO3S/c1-3-6-18(28)13-16-9-10-19-22(14-16)30-12-11-17-15-23(31-24(17)19)25(29)27(2)21-8-5-4-7-20(21)26/h4-5,7-10,14-15H,3,6,11-13H2,1-2H3. The Hall–Kier alpha value is -2.63. The first-order valence-electron chi connectivity index (χ1n) is 10.4. The number of carbonyl (C=O) groups is 2. The van der Waals surface area contributed by atoms with Crippen molar-refractivity contribution in [2.24, 2.45) is 0 Å². The van der Waals surface area contributed by atoms with Gasteiger partial charge in [-0.15, -0.1) is 11.3 Å². The molecule has 0 saturated carbocycles. The number of halogens is 1. The lowest BCUT2D eigenvalue weighted by Crippen LogP contribution is -2.25. The molecule has 0 saturated heterocycles. The van der Waals surface area contributed by atoms with Gasteiger partial charge in [0.05, 0.1) is 22.2 Å². The Labute approximate surface area is 191 Å². The molecule has 2 heterocycles. The fraction of sp³-hybridized carbons (Fsp3) is 0.280. The second-order valence-corrected chi connectivity index (χ2v) is 9.13. The summed E-state index contributed by atoms with van der Waals surface area (Å²) >= 11 is 7.75. The van der Waals surface area contributed by atoms with Gasteiger partial charge < -0.3 is 9.64 Å². The third-order valence-electron chi connectivity index (χ3n) is 5.39. The lowest BCUT2D eigenvalue weighted by atomic mass is 10.0. The van der Waals surface area contributed by atoms with Crippen LogP contribution in [0.25, 0.3) is 10.4 Å². The van der Waals surface area contributed by atoms with Crippen molar-refractivity contribution in [2.75, 3.05) is 18.6 Å². The summed E-state index contributed by atoms with van der Waals surface area (Å²) in [6.07, 6.45) is 2.61. The van der Waals surface area contributed by atoms with Gasteiger partial charge in [0.1, 0.15) is 11.5 Å². The topological polar surface area (TPSA) is 46.6 Å². The molecule has 0 bridgehead atoms. The first-order chi connectivity index (χ1) is 15.0. The molecule has 0 N–H and O–H groups in total. The van der Waals surface area contributed by atoms with Gasteiger partial charge in [0.15, 0.2) is 0 Å². The Morgan fingerprint density at radius 2 is 1.97 bits per heavy atom. The minimum atomic E-state index is -0.0876. The monoisotopic (exact) mass is 453 g/mol. The molecule has 0 spiro atoms. The summed E-state index contributed by atoms with van der Waals surface area (Å²) in [6.45, 7) is 2.55. The van der Waals surface area contributed by atoms with Crippen LogP contribution in [0.3, 0.4) is 0 Å². The molecule has 1 amide bonds. The smallest absolute Gasteiger partial charge is 0.268 e. The Bertz CT molecular complexity index is 1140. The SMILES string of the molecule is CCCC(=O)Cc1ccc2c(c1)OCCc1cc(C(=O)N(C)c3ccccc3Cl)sc1-2. The number of benzene rings is 2. The van der Waals surface area contributed by atoms with Crippen LogP contribution in [-0.2, 0) is 17.6 Å². The third-order valence-corrected chi connectivity index (χ3v) is 6.91. The summed E-state index contributed by atoms with van der Waals surface area (Å²) in [7, 11) is 1.74. The van der Waals surface area contributed by atoms with Crippen molar-refractivity contribution in [3.05, 3.63) is 69.6 Å². The lowest BCUT2D eigenvalue weighted by Gasteiger charge is -2.17. The molecule has 3 aromatic rings. The average molecular weight is 454 g/mol. The normalized spacial score (nSPS) is 12.4. The first kappa shape index (κ1) is 21.6. The van der Waals surface area contributed by atoms with Crippen LogP contribution in [0.1, 0.15) is 40.6 Å². The van der Waals surface area contributed by atoms with E-state index in [2.05, 4.69) is 0 Å². The molecule has 31 heavy (non-hydrogen) atoms. The second-order valence-electron chi connectivity index (χ2n) is 7.68. The molecule has 4 nitrogen and oxygen atoms in total. The molecule has 0 unspecified atom stereocenters. The predicted octanol–water partition coefficient (Wildman–Crippen LogP) is 6.19. The highest BCUT2D eigenvalue weighted by atomic mass is 35.5. The number of para-hydroxylation sites is 1. The van der Waals surface area contributed by atoms with Crippen molar-refractivity contribution >= 4 is 40.3 Å². The van der Waals surface area contributed by atoms with E-state index >= 15 is 0 Å². The van der Waals surface area contributed by atoms with Crippen molar-refractivity contribution in [3.8, 4) is 16.2 Å². The van der Waals surface area contributed by atoms with E-state index in [1.165, 1.54) is 11.3 Å². The molecule has 0 fully saturated rings. The van der Waals surface area contributed by atoms with Crippen LogP contribution in [0.5, 0.6) is 5.75 Å². The molecule has 160 valence electrons. The lowest BCUT2D eigenvalue weighted by molar-refractivity contribution is -0.118. The quantitative estimate of drug-likeness (QED) is 0.447. The predicted molar refractivity (Wildman–Crippen MR) is 127 cm³/mol. The number of fused-ring (bicyclic) bond motifs is 3. The summed E-state index contributed by atoms with van der Waals surface area (Å²) in [5, 5.41) is 0.542. The number of ether oxygens (including phenoxy) is 1. The van der Waals surface area contributed by atoms with Gasteiger partial charge in [-0.25, -0.2) is 0 Å². The minimum absolute atomic E-state index is 0.0876. The van der Waals surface area contributed by atoms with Crippen LogP contribution in [0.15, 0.2) is 48.5 Å². The van der Waals surface area contributed by atoms with E-state index in [1.54, 1.807) is 18.0 Å². The Morgan fingerprint density at radius 3 is 2.74 bits per heavy atom. The molecular formula is C25H24ClNO3S. The summed E-state index contributed by atoms with van der Waals surface area (Å²) in [5.74, 6) is 0.930. The van der Waals surface area contributed by atoms with Gasteiger partial charge in [-0.05, 0) is 47.9 Å². The number of amides is 1. The fourth-order valence-electron chi connectivity index (χ4n) is 3.80. The third kappa shape index (κ3) is 4.53. The molecule has 0 radical (unpaired) electrons. The zero-order valence-electron chi connectivity index (χ0n) is 17.6. The largest absolute Gasteiger partial charge is 0.493 e. The van der Waals surface area contributed by atoms with Crippen molar-refractivity contribution in [1.29, 1.82) is 0 Å². The van der Waals surface area contributed by atoms with Gasteiger partial charge in [-0.3, -0.25) is 9.59 Å². The summed E-state index contributed by atoms with van der Waals surface area (Å²) in [5.41, 5.74) is 3.73. The summed E-state index contributed by atoms with van der Waals surface area (Å²) in [4.78, 5) is 28.5. The van der Waals surface area contributed by atoms with E-state index in [1.807, 2.05) is 49.4 Å². The van der Waals surface area contributed by atoms with E-state index in [0.717, 1.165) is 40.2 Å². The van der Waals surface area contributed by atoms with Gasteiger partial charge in [-0.2, -0.15) is 0 Å². The van der Waals surface area contributed by atoms with Crippen LogP contribution < -0.4 is 9.64 Å². The molecule has 1 aliphatic heterocycles. The maximum absolute atomic E-state index is 13.2. The Balaban J connectivity index is 1.64. The zero-order chi connectivity index (χ0) is 22.0. The van der Waals surface area contributed by atoms with Crippen LogP contribution in [0.2, 0.25) is 5.02 Å². The number of thiophene rings is 1. The maximum atomic E-state index is 13.2. The maximum Gasteiger partial charge on any atom is 0.268 e.